The Morgan fingerprint density at radius 1 is 1.04 bits per heavy atom. The molecule has 0 spiro atoms. The molecule has 7 heteroatoms. The number of rotatable bonds is 8. The minimum absolute atomic E-state index is 0.344. The first-order valence-corrected chi connectivity index (χ1v) is 9.23. The largest absolute Gasteiger partial charge is 0.494 e. The summed E-state index contributed by atoms with van der Waals surface area (Å²) in [4.78, 5) is 23.6. The Morgan fingerprint density at radius 3 is 2.29 bits per heavy atom. The van der Waals surface area contributed by atoms with Crippen LogP contribution in [0.3, 0.4) is 0 Å². The fourth-order valence-electron chi connectivity index (χ4n) is 2.70. The zero-order chi connectivity index (χ0) is 19.8. The predicted octanol–water partition coefficient (Wildman–Crippen LogP) is 3.54. The van der Waals surface area contributed by atoms with Gasteiger partial charge in [0.25, 0.3) is 5.91 Å². The molecule has 28 heavy (non-hydrogen) atoms. The maximum absolute atomic E-state index is 11.9. The van der Waals surface area contributed by atoms with E-state index in [-0.39, 0.29) is 6.61 Å². The molecule has 0 aliphatic carbocycles. The van der Waals surface area contributed by atoms with Crippen LogP contribution in [0.4, 0.5) is 5.69 Å². The molecular formula is C21H23NO6. The normalized spacial score (nSPS) is 15.7. The maximum atomic E-state index is 11.9. The Morgan fingerprint density at radius 2 is 1.68 bits per heavy atom. The van der Waals surface area contributed by atoms with E-state index in [1.165, 1.54) is 0 Å². The molecule has 1 heterocycles. The smallest absolute Gasteiger partial charge is 0.335 e. The van der Waals surface area contributed by atoms with E-state index in [2.05, 4.69) is 5.32 Å². The lowest BCUT2D eigenvalue weighted by molar-refractivity contribution is -0.156. The lowest BCUT2D eigenvalue weighted by Gasteiger charge is -2.11. The highest BCUT2D eigenvalue weighted by molar-refractivity contribution is 5.93. The minimum Gasteiger partial charge on any atom is -0.494 e. The van der Waals surface area contributed by atoms with Crippen molar-refractivity contribution in [2.75, 3.05) is 25.1 Å². The molecule has 148 valence electrons. The highest BCUT2D eigenvalue weighted by Gasteiger charge is 2.25. The number of benzene rings is 2. The maximum Gasteiger partial charge on any atom is 0.335 e. The van der Waals surface area contributed by atoms with Crippen molar-refractivity contribution in [3.63, 3.8) is 0 Å². The van der Waals surface area contributed by atoms with E-state index in [1.807, 2.05) is 31.2 Å². The zero-order valence-electron chi connectivity index (χ0n) is 15.7. The number of hydrogen-bond acceptors (Lipinski definition) is 6. The van der Waals surface area contributed by atoms with E-state index in [9.17, 15) is 9.59 Å². The second-order valence-corrected chi connectivity index (χ2v) is 6.19. The Bertz CT molecular complexity index is 782. The van der Waals surface area contributed by atoms with Crippen molar-refractivity contribution in [2.24, 2.45) is 0 Å². The van der Waals surface area contributed by atoms with Crippen molar-refractivity contribution in [2.45, 2.75) is 25.9 Å². The van der Waals surface area contributed by atoms with Gasteiger partial charge in [-0.15, -0.1) is 0 Å². The van der Waals surface area contributed by atoms with Gasteiger partial charge >= 0.3 is 5.97 Å². The van der Waals surface area contributed by atoms with Gasteiger partial charge in [-0.1, -0.05) is 0 Å². The molecule has 1 aliphatic heterocycles. The lowest BCUT2D eigenvalue weighted by atomic mass is 10.2. The molecule has 1 aliphatic rings. The van der Waals surface area contributed by atoms with Crippen molar-refractivity contribution >= 4 is 17.6 Å². The van der Waals surface area contributed by atoms with Crippen molar-refractivity contribution in [1.82, 2.24) is 0 Å². The lowest BCUT2D eigenvalue weighted by Crippen LogP contribution is -2.27. The number of esters is 1. The van der Waals surface area contributed by atoms with Crippen LogP contribution in [0.15, 0.2) is 48.5 Å². The van der Waals surface area contributed by atoms with E-state index in [4.69, 9.17) is 18.9 Å². The van der Waals surface area contributed by atoms with Crippen LogP contribution in [0.25, 0.3) is 0 Å². The average Bonchev–Trinajstić information content (AvgIpc) is 3.24. The van der Waals surface area contributed by atoms with E-state index >= 15 is 0 Å². The van der Waals surface area contributed by atoms with Crippen LogP contribution in [0, 0.1) is 0 Å². The van der Waals surface area contributed by atoms with Gasteiger partial charge in [-0.05, 0) is 68.3 Å². The topological polar surface area (TPSA) is 83.1 Å². The third-order valence-corrected chi connectivity index (χ3v) is 4.05. The molecule has 1 saturated heterocycles. The summed E-state index contributed by atoms with van der Waals surface area (Å²) in [6, 6.07) is 14.2. The van der Waals surface area contributed by atoms with Crippen molar-refractivity contribution in [3.05, 3.63) is 48.5 Å². The Hall–Kier alpha value is -3.06. The van der Waals surface area contributed by atoms with Crippen LogP contribution in [-0.4, -0.2) is 37.8 Å². The number of nitrogens with one attached hydrogen (secondary N) is 1. The Balaban J connectivity index is 1.45. The molecule has 0 saturated carbocycles. The fraction of sp³-hybridized carbons (Fsp3) is 0.333. The van der Waals surface area contributed by atoms with E-state index in [1.54, 1.807) is 24.3 Å². The van der Waals surface area contributed by atoms with Gasteiger partial charge in [0.05, 0.1) is 6.61 Å². The number of anilines is 1. The first kappa shape index (κ1) is 19.7. The molecule has 0 radical (unpaired) electrons. The summed E-state index contributed by atoms with van der Waals surface area (Å²) in [7, 11) is 0. The third-order valence-electron chi connectivity index (χ3n) is 4.05. The Kier molecular flexibility index (Phi) is 6.86. The van der Waals surface area contributed by atoms with Gasteiger partial charge in [0.1, 0.15) is 17.2 Å². The van der Waals surface area contributed by atoms with Gasteiger partial charge in [-0.2, -0.15) is 0 Å². The Labute approximate surface area is 163 Å². The molecule has 1 fully saturated rings. The van der Waals surface area contributed by atoms with E-state index in [0.29, 0.717) is 36.8 Å². The average molecular weight is 385 g/mol. The molecule has 1 N–H and O–H groups in total. The molecular weight excluding hydrogens is 362 g/mol. The number of carbonyl (C=O) groups excluding carboxylic acids is 2. The molecule has 1 amide bonds. The number of ether oxygens (including phenoxy) is 4. The van der Waals surface area contributed by atoms with Crippen molar-refractivity contribution in [1.29, 1.82) is 0 Å². The van der Waals surface area contributed by atoms with Crippen LogP contribution in [0.5, 0.6) is 17.2 Å². The highest BCUT2D eigenvalue weighted by atomic mass is 16.6. The number of carbonyl (C=O) groups is 2. The molecule has 0 unspecified atom stereocenters. The van der Waals surface area contributed by atoms with Crippen LogP contribution in [0.2, 0.25) is 0 Å². The van der Waals surface area contributed by atoms with E-state index < -0.39 is 18.0 Å². The van der Waals surface area contributed by atoms with Gasteiger partial charge in [0.15, 0.2) is 12.7 Å². The van der Waals surface area contributed by atoms with Crippen molar-refractivity contribution in [3.8, 4) is 17.2 Å². The SMILES string of the molecule is CCOc1ccc(Oc2ccc(NC(=O)COC(=O)[C@H]3CCCO3)cc2)cc1. The zero-order valence-corrected chi connectivity index (χ0v) is 15.7. The third kappa shape index (κ3) is 5.72. The highest BCUT2D eigenvalue weighted by Crippen LogP contribution is 2.25. The predicted molar refractivity (Wildman–Crippen MR) is 103 cm³/mol. The molecule has 7 nitrogen and oxygen atoms in total. The van der Waals surface area contributed by atoms with Crippen LogP contribution in [-0.2, 0) is 19.1 Å². The minimum atomic E-state index is -0.549. The van der Waals surface area contributed by atoms with Crippen LogP contribution < -0.4 is 14.8 Å². The first-order chi connectivity index (χ1) is 13.6. The molecule has 0 aromatic heterocycles. The van der Waals surface area contributed by atoms with Crippen molar-refractivity contribution < 1.29 is 28.5 Å². The molecule has 1 atom stereocenters. The second-order valence-electron chi connectivity index (χ2n) is 6.19. The monoisotopic (exact) mass is 385 g/mol. The standard InChI is InChI=1S/C21H23NO6/c1-2-25-16-9-11-18(12-10-16)28-17-7-5-15(6-8-17)22-20(23)14-27-21(24)19-4-3-13-26-19/h5-12,19H,2-4,13-14H2,1H3,(H,22,23)/t19-/m1/s1. The van der Waals surface area contributed by atoms with Crippen LogP contribution >= 0.6 is 0 Å². The summed E-state index contributed by atoms with van der Waals surface area (Å²) in [6.45, 7) is 2.75. The van der Waals surface area contributed by atoms with Gasteiger partial charge < -0.3 is 24.3 Å². The molecule has 2 aromatic carbocycles. The summed E-state index contributed by atoms with van der Waals surface area (Å²) in [5.74, 6) is 1.19. The van der Waals surface area contributed by atoms with E-state index in [0.717, 1.165) is 12.2 Å². The summed E-state index contributed by atoms with van der Waals surface area (Å²) >= 11 is 0. The number of hydrogen-bond donors (Lipinski definition) is 1. The summed E-state index contributed by atoms with van der Waals surface area (Å²) in [5.41, 5.74) is 0.581. The fourth-order valence-corrected chi connectivity index (χ4v) is 2.70. The van der Waals surface area contributed by atoms with Gasteiger partial charge in [-0.25, -0.2) is 4.79 Å². The number of amides is 1. The summed E-state index contributed by atoms with van der Waals surface area (Å²) in [6.07, 6.45) is 0.916. The first-order valence-electron chi connectivity index (χ1n) is 9.23. The van der Waals surface area contributed by atoms with Gasteiger partial charge in [-0.3, -0.25) is 4.79 Å². The van der Waals surface area contributed by atoms with Gasteiger partial charge in [0.2, 0.25) is 0 Å². The second kappa shape index (κ2) is 9.75. The molecule has 2 aromatic rings. The molecule has 0 bridgehead atoms. The van der Waals surface area contributed by atoms with Crippen LogP contribution in [0.1, 0.15) is 19.8 Å². The van der Waals surface area contributed by atoms with Gasteiger partial charge in [0, 0.05) is 12.3 Å². The summed E-state index contributed by atoms with van der Waals surface area (Å²) in [5, 5.41) is 2.67. The quantitative estimate of drug-likeness (QED) is 0.700. The molecule has 3 rings (SSSR count). The summed E-state index contributed by atoms with van der Waals surface area (Å²) < 4.78 is 21.3.